The Kier molecular flexibility index (Phi) is 4.10. The van der Waals surface area contributed by atoms with Crippen LogP contribution in [0.15, 0.2) is 127 Å². The van der Waals surface area contributed by atoms with Crippen LogP contribution < -0.4 is 0 Å². The molecule has 2 aliphatic carbocycles. The Labute approximate surface area is 214 Å². The lowest BCUT2D eigenvalue weighted by molar-refractivity contribution is 0.618. The third-order valence-corrected chi connectivity index (χ3v) is 11.8. The van der Waals surface area contributed by atoms with Crippen LogP contribution in [0.25, 0.3) is 22.3 Å². The molecule has 1 heterocycles. The normalized spacial score (nSPS) is 17.8. The van der Waals surface area contributed by atoms with E-state index in [1.165, 1.54) is 50.1 Å². The molecule has 0 aromatic heterocycles. The molecule has 0 saturated carbocycles. The average Bonchev–Trinajstić information content (AvgIpc) is 3.55. The lowest BCUT2D eigenvalue weighted by atomic mass is 9.76. The summed E-state index contributed by atoms with van der Waals surface area (Å²) in [4.78, 5) is 0. The fourth-order valence-corrected chi connectivity index (χ4v) is 11.2. The molecule has 2 spiro atoms. The number of hydrogen-bond acceptors (Lipinski definition) is 2. The maximum atomic E-state index is 2.39. The molecule has 0 atom stereocenters. The third-order valence-electron chi connectivity index (χ3n) is 7.94. The summed E-state index contributed by atoms with van der Waals surface area (Å²) in [6, 6.07) is 47.6. The zero-order valence-corrected chi connectivity index (χ0v) is 20.7. The molecule has 0 nitrogen and oxygen atoms in total. The van der Waals surface area contributed by atoms with Gasteiger partial charge in [0.1, 0.15) is 0 Å². The van der Waals surface area contributed by atoms with Gasteiger partial charge in [-0.3, -0.25) is 0 Å². The Hall–Kier alpha value is -3.20. The van der Waals surface area contributed by atoms with E-state index in [2.05, 4.69) is 151 Å². The van der Waals surface area contributed by atoms with Crippen LogP contribution in [0.4, 0.5) is 0 Å². The molecular weight excluding hydrogens is 460 g/mol. The SMILES string of the molecule is c1ccc(C2SC3(c4ccccc4-c4ccccc43)C3(S2)c2ccccc2-c2ccccc23)cc1. The Bertz CT molecular complexity index is 1420. The van der Waals surface area contributed by atoms with E-state index in [1.54, 1.807) is 0 Å². The lowest BCUT2D eigenvalue weighted by Crippen LogP contribution is -2.40. The molecular formula is C33H22S2. The molecule has 1 saturated heterocycles. The Morgan fingerprint density at radius 1 is 0.371 bits per heavy atom. The van der Waals surface area contributed by atoms with Crippen LogP contribution in [0.5, 0.6) is 0 Å². The lowest BCUT2D eigenvalue weighted by Gasteiger charge is -2.42. The van der Waals surface area contributed by atoms with Crippen molar-refractivity contribution in [3.63, 3.8) is 0 Å². The quantitative estimate of drug-likeness (QED) is 0.234. The van der Waals surface area contributed by atoms with Gasteiger partial charge >= 0.3 is 0 Å². The van der Waals surface area contributed by atoms with E-state index in [0.29, 0.717) is 4.58 Å². The van der Waals surface area contributed by atoms with Crippen molar-refractivity contribution in [2.75, 3.05) is 0 Å². The van der Waals surface area contributed by atoms with Crippen molar-refractivity contribution < 1.29 is 0 Å². The topological polar surface area (TPSA) is 0 Å². The largest absolute Gasteiger partial charge is 0.124 e. The molecule has 0 bridgehead atoms. The third kappa shape index (κ3) is 2.37. The van der Waals surface area contributed by atoms with Crippen LogP contribution in [0, 0.1) is 0 Å². The van der Waals surface area contributed by atoms with Gasteiger partial charge < -0.3 is 0 Å². The van der Waals surface area contributed by atoms with Gasteiger partial charge in [-0.05, 0) is 50.1 Å². The Balaban J connectivity index is 1.54. The summed E-state index contributed by atoms with van der Waals surface area (Å²) in [6.07, 6.45) is 0. The van der Waals surface area contributed by atoms with Gasteiger partial charge in [-0.25, -0.2) is 0 Å². The van der Waals surface area contributed by atoms with Gasteiger partial charge in [0.05, 0.1) is 14.1 Å². The van der Waals surface area contributed by atoms with E-state index in [1.807, 2.05) is 0 Å². The van der Waals surface area contributed by atoms with Crippen molar-refractivity contribution in [2.24, 2.45) is 0 Å². The van der Waals surface area contributed by atoms with Crippen LogP contribution in [-0.4, -0.2) is 0 Å². The predicted octanol–water partition coefficient (Wildman–Crippen LogP) is 9.01. The van der Waals surface area contributed by atoms with Crippen molar-refractivity contribution in [3.05, 3.63) is 155 Å². The zero-order chi connectivity index (χ0) is 23.0. The second kappa shape index (κ2) is 7.16. The molecule has 1 aliphatic heterocycles. The molecule has 5 aromatic rings. The zero-order valence-electron chi connectivity index (χ0n) is 19.0. The standard InChI is InChI=1S/C33H22S2/c1-2-12-22(13-3-1)31-34-32(27-18-8-4-14-23(27)24-15-5-9-19-28(24)32)33(35-31)29-20-10-6-16-25(29)26-17-7-11-21-30(26)33/h1-21,31H. The second-order valence-corrected chi connectivity index (χ2v) is 12.5. The molecule has 35 heavy (non-hydrogen) atoms. The smallest absolute Gasteiger partial charge is 0.0913 e. The number of thioether (sulfide) groups is 2. The molecule has 0 unspecified atom stereocenters. The van der Waals surface area contributed by atoms with Crippen molar-refractivity contribution in [1.29, 1.82) is 0 Å². The molecule has 1 fully saturated rings. The average molecular weight is 483 g/mol. The number of rotatable bonds is 1. The highest BCUT2D eigenvalue weighted by atomic mass is 32.2. The number of benzene rings is 5. The maximum absolute atomic E-state index is 2.39. The molecule has 0 radical (unpaired) electrons. The molecule has 0 amide bonds. The molecule has 8 rings (SSSR count). The second-order valence-electron chi connectivity index (χ2n) is 9.52. The van der Waals surface area contributed by atoms with Gasteiger partial charge in [-0.1, -0.05) is 127 Å². The van der Waals surface area contributed by atoms with Gasteiger partial charge in [0.2, 0.25) is 0 Å². The van der Waals surface area contributed by atoms with Crippen molar-refractivity contribution in [3.8, 4) is 22.3 Å². The van der Waals surface area contributed by atoms with Crippen LogP contribution in [-0.2, 0) is 9.49 Å². The fraction of sp³-hybridized carbons (Fsp3) is 0.0909. The first-order valence-corrected chi connectivity index (χ1v) is 13.9. The summed E-state index contributed by atoms with van der Waals surface area (Å²) in [5.74, 6) is 0. The van der Waals surface area contributed by atoms with Gasteiger partial charge in [-0.2, -0.15) is 0 Å². The minimum Gasteiger partial charge on any atom is -0.124 e. The number of fused-ring (bicyclic) bond motifs is 11. The molecule has 0 N–H and O–H groups in total. The van der Waals surface area contributed by atoms with Crippen LogP contribution in [0.2, 0.25) is 0 Å². The fourth-order valence-electron chi connectivity index (χ4n) is 6.66. The highest BCUT2D eigenvalue weighted by molar-refractivity contribution is 8.20. The molecule has 3 aliphatic rings. The highest BCUT2D eigenvalue weighted by Crippen LogP contribution is 2.81. The van der Waals surface area contributed by atoms with Crippen molar-refractivity contribution in [2.45, 2.75) is 14.1 Å². The minimum absolute atomic E-state index is 0.228. The monoisotopic (exact) mass is 482 g/mol. The summed E-state index contributed by atoms with van der Waals surface area (Å²) >= 11 is 4.29. The van der Waals surface area contributed by atoms with E-state index in [-0.39, 0.29) is 9.49 Å². The van der Waals surface area contributed by atoms with Gasteiger partial charge in [0.25, 0.3) is 0 Å². The summed E-state index contributed by atoms with van der Waals surface area (Å²) in [6.45, 7) is 0. The van der Waals surface area contributed by atoms with Crippen LogP contribution in [0.1, 0.15) is 32.4 Å². The molecule has 2 heteroatoms. The van der Waals surface area contributed by atoms with Gasteiger partial charge in [0.15, 0.2) is 0 Å². The van der Waals surface area contributed by atoms with E-state index in [9.17, 15) is 0 Å². The van der Waals surface area contributed by atoms with E-state index >= 15 is 0 Å². The predicted molar refractivity (Wildman–Crippen MR) is 150 cm³/mol. The Morgan fingerprint density at radius 3 is 1.06 bits per heavy atom. The van der Waals surface area contributed by atoms with Crippen molar-refractivity contribution >= 4 is 23.5 Å². The van der Waals surface area contributed by atoms with Gasteiger partial charge in [-0.15, -0.1) is 23.5 Å². The van der Waals surface area contributed by atoms with E-state index in [4.69, 9.17) is 0 Å². The minimum atomic E-state index is -0.228. The van der Waals surface area contributed by atoms with Gasteiger partial charge in [0, 0.05) is 0 Å². The summed E-state index contributed by atoms with van der Waals surface area (Å²) in [7, 11) is 0. The van der Waals surface area contributed by atoms with E-state index in [0.717, 1.165) is 0 Å². The highest BCUT2D eigenvalue weighted by Gasteiger charge is 2.68. The summed E-state index contributed by atoms with van der Waals surface area (Å²) < 4.78 is -0.142. The molecule has 166 valence electrons. The van der Waals surface area contributed by atoms with Crippen molar-refractivity contribution in [1.82, 2.24) is 0 Å². The Morgan fingerprint density at radius 2 is 0.686 bits per heavy atom. The molecule has 5 aromatic carbocycles. The van der Waals surface area contributed by atoms with Crippen LogP contribution in [0.3, 0.4) is 0 Å². The van der Waals surface area contributed by atoms with Crippen LogP contribution >= 0.6 is 23.5 Å². The summed E-state index contributed by atoms with van der Waals surface area (Å²) in [5, 5.41) is 0. The first-order valence-electron chi connectivity index (χ1n) is 12.1. The maximum Gasteiger partial charge on any atom is 0.0913 e. The first-order chi connectivity index (χ1) is 17.3. The first kappa shape index (κ1) is 20.0. The van der Waals surface area contributed by atoms with E-state index < -0.39 is 0 Å². The summed E-state index contributed by atoms with van der Waals surface area (Å²) in [5.41, 5.74) is 12.7. The number of hydrogen-bond donors (Lipinski definition) is 0.